The third-order valence-corrected chi connectivity index (χ3v) is 2.93. The van der Waals surface area contributed by atoms with E-state index in [-0.39, 0.29) is 0 Å². The predicted octanol–water partition coefficient (Wildman–Crippen LogP) is 6.24. The van der Waals surface area contributed by atoms with Crippen molar-refractivity contribution in [2.24, 2.45) is 0 Å². The Labute approximate surface area is 109 Å². The van der Waals surface area contributed by atoms with Gasteiger partial charge in [0, 0.05) is 0 Å². The van der Waals surface area contributed by atoms with Gasteiger partial charge in [-0.25, -0.2) is 0 Å². The fourth-order valence-corrected chi connectivity index (χ4v) is 1.82. The maximum Gasteiger partial charge on any atom is -0.0169 e. The molecule has 0 saturated carbocycles. The van der Waals surface area contributed by atoms with Gasteiger partial charge in [-0.15, -0.1) is 0 Å². The minimum atomic E-state index is 1.11. The van der Waals surface area contributed by atoms with E-state index in [1.54, 1.807) is 0 Å². The molecule has 1 radical (unpaired) electrons. The molecule has 0 aliphatic rings. The molecule has 0 amide bonds. The first-order valence-electron chi connectivity index (χ1n) is 7.51. The van der Waals surface area contributed by atoms with Crippen molar-refractivity contribution in [2.45, 2.75) is 77.6 Å². The van der Waals surface area contributed by atoms with E-state index in [0.29, 0.717) is 0 Å². The van der Waals surface area contributed by atoms with Crippen LogP contribution in [-0.2, 0) is 0 Å². The Balaban J connectivity index is 3.08. The molecular weight excluding hydrogens is 204 g/mol. The monoisotopic (exact) mass is 235 g/mol. The van der Waals surface area contributed by atoms with Gasteiger partial charge in [-0.3, -0.25) is 0 Å². The predicted molar refractivity (Wildman–Crippen MR) is 80.1 cm³/mol. The van der Waals surface area contributed by atoms with Gasteiger partial charge in [0.2, 0.25) is 0 Å². The molecule has 99 valence electrons. The minimum absolute atomic E-state index is 1.11. The van der Waals surface area contributed by atoms with E-state index in [4.69, 9.17) is 0 Å². The Kier molecular flexibility index (Phi) is 15.0. The molecule has 0 aliphatic carbocycles. The molecule has 17 heavy (non-hydrogen) atoms. The summed E-state index contributed by atoms with van der Waals surface area (Å²) in [6.07, 6.45) is 23.4. The number of unbranched alkanes of at least 4 members (excludes halogenated alkanes) is 8. The van der Waals surface area contributed by atoms with Crippen LogP contribution in [0.1, 0.15) is 77.6 Å². The fraction of sp³-hybridized carbons (Fsp3) is 0.706. The summed E-state index contributed by atoms with van der Waals surface area (Å²) in [5.41, 5.74) is 0. The van der Waals surface area contributed by atoms with Crippen LogP contribution in [0.5, 0.6) is 0 Å². The Hall–Kier alpha value is -0.520. The van der Waals surface area contributed by atoms with Gasteiger partial charge >= 0.3 is 0 Å². The minimum Gasteiger partial charge on any atom is -0.0882 e. The summed E-state index contributed by atoms with van der Waals surface area (Å²) in [5, 5.41) is 0. The Bertz CT molecular complexity index is 176. The van der Waals surface area contributed by atoms with Gasteiger partial charge in [-0.2, -0.15) is 0 Å². The van der Waals surface area contributed by atoms with Gasteiger partial charge in [0.25, 0.3) is 0 Å². The van der Waals surface area contributed by atoms with E-state index in [2.05, 4.69) is 38.2 Å². The second-order valence-electron chi connectivity index (χ2n) is 4.73. The summed E-state index contributed by atoms with van der Waals surface area (Å²) in [4.78, 5) is 0. The molecule has 0 unspecified atom stereocenters. The summed E-state index contributed by atoms with van der Waals surface area (Å²) >= 11 is 0. The zero-order valence-electron chi connectivity index (χ0n) is 11.8. The molecule has 0 spiro atoms. The molecule has 0 fully saturated rings. The summed E-state index contributed by atoms with van der Waals surface area (Å²) in [6.45, 7) is 6.08. The van der Waals surface area contributed by atoms with E-state index >= 15 is 0 Å². The zero-order chi connectivity index (χ0) is 12.6. The first-order valence-corrected chi connectivity index (χ1v) is 7.51. The van der Waals surface area contributed by atoms with Crippen LogP contribution in [0.4, 0.5) is 0 Å². The average Bonchev–Trinajstić information content (AvgIpc) is 2.35. The lowest BCUT2D eigenvalue weighted by atomic mass is 10.1. The summed E-state index contributed by atoms with van der Waals surface area (Å²) in [7, 11) is 0. The Morgan fingerprint density at radius 1 is 0.706 bits per heavy atom. The molecule has 0 heterocycles. The van der Waals surface area contributed by atoms with E-state index < -0.39 is 0 Å². The highest BCUT2D eigenvalue weighted by atomic mass is 13.9. The molecule has 0 rings (SSSR count). The van der Waals surface area contributed by atoms with E-state index in [1.807, 2.05) is 0 Å². The van der Waals surface area contributed by atoms with Crippen LogP contribution in [0.25, 0.3) is 0 Å². The molecule has 0 heteroatoms. The molecule has 0 saturated heterocycles. The number of rotatable bonds is 12. The van der Waals surface area contributed by atoms with Crippen molar-refractivity contribution < 1.29 is 0 Å². The summed E-state index contributed by atoms with van der Waals surface area (Å²) in [6, 6.07) is 0. The summed E-state index contributed by atoms with van der Waals surface area (Å²) < 4.78 is 0. The van der Waals surface area contributed by atoms with Gasteiger partial charge < -0.3 is 0 Å². The van der Waals surface area contributed by atoms with Crippen LogP contribution in [0, 0.1) is 6.92 Å². The normalized spacial score (nSPS) is 11.9. The molecule has 0 aromatic rings. The molecule has 0 aromatic heterocycles. The van der Waals surface area contributed by atoms with Gasteiger partial charge in [-0.05, 0) is 25.7 Å². The lowest BCUT2D eigenvalue weighted by Gasteiger charge is -1.98. The maximum atomic E-state index is 3.87. The van der Waals surface area contributed by atoms with Gasteiger partial charge in [0.15, 0.2) is 0 Å². The van der Waals surface area contributed by atoms with Crippen molar-refractivity contribution in [2.75, 3.05) is 0 Å². The topological polar surface area (TPSA) is 0 Å². The van der Waals surface area contributed by atoms with Crippen molar-refractivity contribution in [3.63, 3.8) is 0 Å². The molecule has 0 aliphatic heterocycles. The molecule has 0 aromatic carbocycles. The van der Waals surface area contributed by atoms with Crippen molar-refractivity contribution in [3.8, 4) is 0 Å². The smallest absolute Gasteiger partial charge is 0.0169 e. The highest BCUT2D eigenvalue weighted by Crippen LogP contribution is 2.08. The average molecular weight is 235 g/mol. The van der Waals surface area contributed by atoms with E-state index in [1.165, 1.54) is 57.8 Å². The third-order valence-electron chi connectivity index (χ3n) is 2.93. The van der Waals surface area contributed by atoms with Crippen molar-refractivity contribution in [1.82, 2.24) is 0 Å². The third kappa shape index (κ3) is 15.5. The highest BCUT2D eigenvalue weighted by Gasteiger charge is 1.88. The summed E-state index contributed by atoms with van der Waals surface area (Å²) in [5.74, 6) is 0. The van der Waals surface area contributed by atoms with Crippen LogP contribution in [0.15, 0.2) is 24.3 Å². The highest BCUT2D eigenvalue weighted by molar-refractivity contribution is 4.92. The number of hydrogen-bond acceptors (Lipinski definition) is 0. The second-order valence-corrected chi connectivity index (χ2v) is 4.73. The Morgan fingerprint density at radius 3 is 1.94 bits per heavy atom. The largest absolute Gasteiger partial charge is 0.0882 e. The fourth-order valence-electron chi connectivity index (χ4n) is 1.82. The standard InChI is InChI=1S/C17H31/c1-3-5-7-9-11-13-15-17-16-14-12-10-8-6-4-2/h8,10,14,16H,1,3-7,9,11-13,15,17H2,2H3/b10-8+,16-14+. The first kappa shape index (κ1) is 16.5. The first-order chi connectivity index (χ1) is 8.41. The van der Waals surface area contributed by atoms with Crippen LogP contribution < -0.4 is 0 Å². The van der Waals surface area contributed by atoms with Gasteiger partial charge in [-0.1, -0.05) is 83.1 Å². The van der Waals surface area contributed by atoms with Crippen LogP contribution in [0.3, 0.4) is 0 Å². The second kappa shape index (κ2) is 15.5. The van der Waals surface area contributed by atoms with Gasteiger partial charge in [0.1, 0.15) is 0 Å². The molecule has 0 bridgehead atoms. The van der Waals surface area contributed by atoms with Crippen molar-refractivity contribution >= 4 is 0 Å². The Morgan fingerprint density at radius 2 is 1.29 bits per heavy atom. The number of hydrogen-bond donors (Lipinski definition) is 0. The SMILES string of the molecule is [CH2]CCCCCCCC/C=C/C/C=C/CCC. The van der Waals surface area contributed by atoms with E-state index in [0.717, 1.165) is 12.8 Å². The van der Waals surface area contributed by atoms with E-state index in [9.17, 15) is 0 Å². The van der Waals surface area contributed by atoms with Crippen molar-refractivity contribution in [1.29, 1.82) is 0 Å². The molecule has 0 N–H and O–H groups in total. The van der Waals surface area contributed by atoms with Crippen LogP contribution >= 0.6 is 0 Å². The van der Waals surface area contributed by atoms with Crippen molar-refractivity contribution in [3.05, 3.63) is 31.2 Å². The lowest BCUT2D eigenvalue weighted by molar-refractivity contribution is 0.599. The maximum absolute atomic E-state index is 3.87. The molecule has 0 nitrogen and oxygen atoms in total. The van der Waals surface area contributed by atoms with Gasteiger partial charge in [0.05, 0.1) is 0 Å². The zero-order valence-corrected chi connectivity index (χ0v) is 11.8. The number of allylic oxidation sites excluding steroid dienone is 4. The molecule has 0 atom stereocenters. The lowest BCUT2D eigenvalue weighted by Crippen LogP contribution is -1.78. The van der Waals surface area contributed by atoms with Crippen LogP contribution in [0.2, 0.25) is 0 Å². The van der Waals surface area contributed by atoms with Crippen LogP contribution in [-0.4, -0.2) is 0 Å². The quantitative estimate of drug-likeness (QED) is 0.277. The molecular formula is C17H31.